The third-order valence-electron chi connectivity index (χ3n) is 2.52. The maximum atomic E-state index is 13.0. The van der Waals surface area contributed by atoms with Crippen LogP contribution < -0.4 is 5.73 Å². The van der Waals surface area contributed by atoms with E-state index in [1.165, 1.54) is 6.92 Å². The van der Waals surface area contributed by atoms with E-state index in [0.29, 0.717) is 13.2 Å². The minimum Gasteiger partial charge on any atom is -0.466 e. The van der Waals surface area contributed by atoms with Crippen LogP contribution in [0, 0.1) is 0 Å². The average molecular weight is 311 g/mol. The van der Waals surface area contributed by atoms with Gasteiger partial charge in [-0.05, 0) is 6.92 Å². The van der Waals surface area contributed by atoms with E-state index >= 15 is 0 Å². The van der Waals surface area contributed by atoms with Gasteiger partial charge in [0.25, 0.3) is 5.60 Å². The zero-order valence-electron chi connectivity index (χ0n) is 11.0. The van der Waals surface area contributed by atoms with E-state index < -0.39 is 40.9 Å². The average Bonchev–Trinajstić information content (AvgIpc) is 2.78. The molecule has 0 unspecified atom stereocenters. The van der Waals surface area contributed by atoms with Gasteiger partial charge in [0.15, 0.2) is 5.88 Å². The molecule has 118 valence electrons. The van der Waals surface area contributed by atoms with E-state index in [4.69, 9.17) is 5.73 Å². The minimum absolute atomic E-state index is 0.0602. The van der Waals surface area contributed by atoms with Gasteiger partial charge in [0, 0.05) is 6.07 Å². The molecule has 10 heteroatoms. The quantitative estimate of drug-likeness (QED) is 0.796. The largest absolute Gasteiger partial charge is 0.466 e. The molecule has 1 heterocycles. The molecule has 7 nitrogen and oxygen atoms in total. The third-order valence-corrected chi connectivity index (χ3v) is 2.52. The highest BCUT2D eigenvalue weighted by atomic mass is 19.4. The second-order valence-corrected chi connectivity index (χ2v) is 3.81. The third kappa shape index (κ3) is 2.79. The molecule has 0 saturated heterocycles. The van der Waals surface area contributed by atoms with Gasteiger partial charge in [-0.15, -0.1) is 0 Å². The molecular weight excluding hydrogens is 299 g/mol. The van der Waals surface area contributed by atoms with E-state index in [2.05, 4.69) is 13.9 Å². The zero-order chi connectivity index (χ0) is 16.4. The lowest BCUT2D eigenvalue weighted by atomic mass is 9.94. The maximum absolute atomic E-state index is 13.0. The fourth-order valence-corrected chi connectivity index (χ4v) is 1.52. The summed E-state index contributed by atoms with van der Waals surface area (Å²) < 4.78 is 52.1. The predicted octanol–water partition coefficient (Wildman–Crippen LogP) is 0.961. The Kier molecular flexibility index (Phi) is 4.52. The predicted molar refractivity (Wildman–Crippen MR) is 61.0 cm³/mol. The fourth-order valence-electron chi connectivity index (χ4n) is 1.52. The number of esters is 2. The van der Waals surface area contributed by atoms with Crippen molar-refractivity contribution < 1.29 is 41.8 Å². The van der Waals surface area contributed by atoms with Gasteiger partial charge in [-0.25, -0.2) is 9.59 Å². The number of carbonyl (C=O) groups is 2. The number of methoxy groups -OCH3 is 1. The Labute approximate surface area is 116 Å². The van der Waals surface area contributed by atoms with E-state index in [-0.39, 0.29) is 6.61 Å². The lowest BCUT2D eigenvalue weighted by molar-refractivity contribution is -0.266. The molecule has 0 amide bonds. The van der Waals surface area contributed by atoms with Crippen LogP contribution >= 0.6 is 0 Å². The molecule has 1 rings (SSSR count). The number of carbonyl (C=O) groups excluding carboxylic acids is 2. The van der Waals surface area contributed by atoms with Crippen molar-refractivity contribution in [3.8, 4) is 0 Å². The summed E-state index contributed by atoms with van der Waals surface area (Å²) in [5.41, 5.74) is 0.00467. The first-order valence-corrected chi connectivity index (χ1v) is 5.54. The molecule has 1 aromatic heterocycles. The van der Waals surface area contributed by atoms with Crippen molar-refractivity contribution in [2.75, 3.05) is 19.5 Å². The van der Waals surface area contributed by atoms with Gasteiger partial charge in [0.2, 0.25) is 5.76 Å². The van der Waals surface area contributed by atoms with Crippen LogP contribution in [0.4, 0.5) is 19.1 Å². The normalized spacial score (nSPS) is 14.4. The fraction of sp³-hybridized carbons (Fsp3) is 0.455. The van der Waals surface area contributed by atoms with Crippen LogP contribution in [0.15, 0.2) is 10.5 Å². The SMILES string of the molecule is CCOC(=O)c1cc([C@](O)(C(=O)OC)C(F)(F)F)c(N)o1. The molecule has 0 spiro atoms. The molecule has 0 radical (unpaired) electrons. The van der Waals surface area contributed by atoms with E-state index in [1.54, 1.807) is 0 Å². The van der Waals surface area contributed by atoms with Crippen molar-refractivity contribution in [1.29, 1.82) is 0 Å². The molecule has 0 saturated carbocycles. The molecule has 0 aliphatic heterocycles. The highest BCUT2D eigenvalue weighted by molar-refractivity contribution is 5.89. The number of halogens is 3. The van der Waals surface area contributed by atoms with Gasteiger partial charge in [0.05, 0.1) is 19.3 Å². The van der Waals surface area contributed by atoms with Gasteiger partial charge >= 0.3 is 18.1 Å². The molecule has 0 aromatic carbocycles. The summed E-state index contributed by atoms with van der Waals surface area (Å²) in [7, 11) is 0.654. The van der Waals surface area contributed by atoms with Crippen molar-refractivity contribution in [3.05, 3.63) is 17.4 Å². The molecule has 1 atom stereocenters. The van der Waals surface area contributed by atoms with Crippen LogP contribution in [0.5, 0.6) is 0 Å². The highest BCUT2D eigenvalue weighted by Gasteiger charge is 2.64. The van der Waals surface area contributed by atoms with E-state index in [0.717, 1.165) is 0 Å². The van der Waals surface area contributed by atoms with Crippen LogP contribution in [-0.2, 0) is 19.9 Å². The van der Waals surface area contributed by atoms with Crippen molar-refractivity contribution >= 4 is 17.8 Å². The molecule has 0 fully saturated rings. The second-order valence-electron chi connectivity index (χ2n) is 3.81. The monoisotopic (exact) mass is 311 g/mol. The van der Waals surface area contributed by atoms with Crippen LogP contribution in [-0.4, -0.2) is 36.9 Å². The van der Waals surface area contributed by atoms with Crippen LogP contribution in [0.3, 0.4) is 0 Å². The van der Waals surface area contributed by atoms with Gasteiger partial charge in [-0.1, -0.05) is 0 Å². The highest BCUT2D eigenvalue weighted by Crippen LogP contribution is 2.43. The number of hydrogen-bond donors (Lipinski definition) is 2. The number of aliphatic hydroxyl groups is 1. The zero-order valence-corrected chi connectivity index (χ0v) is 11.0. The lowest BCUT2D eigenvalue weighted by Gasteiger charge is -2.26. The number of rotatable bonds is 4. The second kappa shape index (κ2) is 5.64. The minimum atomic E-state index is -5.44. The molecule has 0 bridgehead atoms. The maximum Gasteiger partial charge on any atom is 0.432 e. The van der Waals surface area contributed by atoms with E-state index in [9.17, 15) is 27.9 Å². The number of alkyl halides is 3. The number of nitrogen functional groups attached to an aromatic ring is 1. The molecular formula is C11H12F3NO6. The Morgan fingerprint density at radius 2 is 2.00 bits per heavy atom. The Hall–Kier alpha value is -2.23. The lowest BCUT2D eigenvalue weighted by Crippen LogP contribution is -2.50. The number of hydrogen-bond acceptors (Lipinski definition) is 7. The first-order chi connectivity index (χ1) is 9.59. The van der Waals surface area contributed by atoms with Crippen molar-refractivity contribution in [2.24, 2.45) is 0 Å². The number of ether oxygens (including phenoxy) is 2. The van der Waals surface area contributed by atoms with Crippen LogP contribution in [0.2, 0.25) is 0 Å². The summed E-state index contributed by atoms with van der Waals surface area (Å²) >= 11 is 0. The van der Waals surface area contributed by atoms with Crippen LogP contribution in [0.25, 0.3) is 0 Å². The number of nitrogens with two attached hydrogens (primary N) is 1. The standard InChI is InChI=1S/C11H12F3NO6/c1-3-20-8(16)6-4-5(7(15)21-6)10(18,9(17)19-2)11(12,13)14/h4,18H,3,15H2,1-2H3/t10-/m0/s1. The molecule has 0 aliphatic rings. The topological polar surface area (TPSA) is 112 Å². The summed E-state index contributed by atoms with van der Waals surface area (Å²) in [6.45, 7) is 1.40. The Balaban J connectivity index is 3.41. The Morgan fingerprint density at radius 1 is 1.43 bits per heavy atom. The number of anilines is 1. The van der Waals surface area contributed by atoms with Gasteiger partial charge in [0.1, 0.15) is 0 Å². The number of furan rings is 1. The first kappa shape index (κ1) is 16.8. The summed E-state index contributed by atoms with van der Waals surface area (Å²) in [6, 6.07) is 0.484. The van der Waals surface area contributed by atoms with Crippen molar-refractivity contribution in [2.45, 2.75) is 18.7 Å². The van der Waals surface area contributed by atoms with Gasteiger partial charge < -0.3 is 24.7 Å². The molecule has 1 aromatic rings. The van der Waals surface area contributed by atoms with Crippen LogP contribution in [0.1, 0.15) is 23.0 Å². The summed E-state index contributed by atoms with van der Waals surface area (Å²) in [5, 5.41) is 9.70. The summed E-state index contributed by atoms with van der Waals surface area (Å²) in [4.78, 5) is 22.7. The molecule has 3 N–H and O–H groups in total. The van der Waals surface area contributed by atoms with Gasteiger partial charge in [-0.3, -0.25) is 0 Å². The summed E-state index contributed by atoms with van der Waals surface area (Å²) in [6.07, 6.45) is -5.44. The smallest absolute Gasteiger partial charge is 0.432 e. The van der Waals surface area contributed by atoms with E-state index in [1.807, 2.05) is 0 Å². The first-order valence-electron chi connectivity index (χ1n) is 5.54. The summed E-state index contributed by atoms with van der Waals surface area (Å²) in [5.74, 6) is -4.75. The van der Waals surface area contributed by atoms with Crippen molar-refractivity contribution in [3.63, 3.8) is 0 Å². The Bertz CT molecular complexity index is 553. The Morgan fingerprint density at radius 3 is 2.43 bits per heavy atom. The molecule has 21 heavy (non-hydrogen) atoms. The van der Waals surface area contributed by atoms with Crippen molar-refractivity contribution in [1.82, 2.24) is 0 Å². The molecule has 0 aliphatic carbocycles. The van der Waals surface area contributed by atoms with Gasteiger partial charge in [-0.2, -0.15) is 13.2 Å².